The second-order valence-corrected chi connectivity index (χ2v) is 6.44. The summed E-state index contributed by atoms with van der Waals surface area (Å²) in [6, 6.07) is 15.9. The van der Waals surface area contributed by atoms with Gasteiger partial charge in [-0.25, -0.2) is 4.39 Å². The van der Waals surface area contributed by atoms with Crippen molar-refractivity contribution in [1.29, 1.82) is 0 Å². The summed E-state index contributed by atoms with van der Waals surface area (Å²) >= 11 is 0. The number of nitrogens with one attached hydrogen (secondary N) is 2. The highest BCUT2D eigenvalue weighted by Gasteiger charge is 2.13. The minimum Gasteiger partial charge on any atom is -0.495 e. The topological polar surface area (TPSA) is 120 Å². The number of amides is 2. The maximum absolute atomic E-state index is 13.8. The van der Waals surface area contributed by atoms with Crippen molar-refractivity contribution in [3.05, 3.63) is 88.2 Å². The third kappa shape index (κ3) is 5.57. The van der Waals surface area contributed by atoms with Crippen LogP contribution in [-0.2, 0) is 4.79 Å². The number of nitro groups is 1. The van der Waals surface area contributed by atoms with E-state index in [1.54, 1.807) is 24.3 Å². The molecule has 0 spiro atoms. The number of rotatable bonds is 8. The van der Waals surface area contributed by atoms with Crippen LogP contribution in [0.5, 0.6) is 11.5 Å². The maximum Gasteiger partial charge on any atom is 0.272 e. The molecule has 0 aliphatic carbocycles. The zero-order chi connectivity index (χ0) is 23.1. The van der Waals surface area contributed by atoms with Crippen molar-refractivity contribution in [3.63, 3.8) is 0 Å². The number of anilines is 2. The Morgan fingerprint density at radius 2 is 1.72 bits per heavy atom. The van der Waals surface area contributed by atoms with Crippen molar-refractivity contribution >= 4 is 28.9 Å². The van der Waals surface area contributed by atoms with E-state index < -0.39 is 28.9 Å². The first kappa shape index (κ1) is 22.2. The van der Waals surface area contributed by atoms with Crippen LogP contribution in [-0.4, -0.2) is 30.5 Å². The van der Waals surface area contributed by atoms with Gasteiger partial charge < -0.3 is 20.1 Å². The monoisotopic (exact) mass is 439 g/mol. The Morgan fingerprint density at radius 3 is 2.38 bits per heavy atom. The van der Waals surface area contributed by atoms with Crippen LogP contribution in [0.3, 0.4) is 0 Å². The molecule has 3 aromatic rings. The third-order valence-electron chi connectivity index (χ3n) is 4.27. The van der Waals surface area contributed by atoms with Crippen molar-refractivity contribution in [2.45, 2.75) is 0 Å². The number of para-hydroxylation sites is 2. The van der Waals surface area contributed by atoms with Gasteiger partial charge in [-0.15, -0.1) is 0 Å². The fraction of sp³-hybridized carbons (Fsp3) is 0.0909. The molecule has 0 aliphatic rings. The number of nitrogens with zero attached hydrogens (tertiary/aromatic N) is 1. The molecule has 0 radical (unpaired) electrons. The number of halogens is 1. The summed E-state index contributed by atoms with van der Waals surface area (Å²) < 4.78 is 24.1. The van der Waals surface area contributed by atoms with E-state index >= 15 is 0 Å². The summed E-state index contributed by atoms with van der Waals surface area (Å²) in [5.41, 5.74) is 0.858. The van der Waals surface area contributed by atoms with Crippen LogP contribution in [0.4, 0.5) is 21.5 Å². The molecule has 0 aromatic heterocycles. The van der Waals surface area contributed by atoms with Gasteiger partial charge in [0.25, 0.3) is 17.5 Å². The van der Waals surface area contributed by atoms with Crippen LogP contribution in [0.1, 0.15) is 10.4 Å². The standard InChI is InChI=1S/C22H18FN3O6/c1-31-20-5-3-2-4-18(20)25-22(28)14-6-8-15(9-7-14)24-21(27)13-32-19-11-10-16(26(29)30)12-17(19)23/h2-12H,13H2,1H3,(H,24,27)(H,25,28). The summed E-state index contributed by atoms with van der Waals surface area (Å²) in [4.78, 5) is 34.4. The Hall–Kier alpha value is -4.47. The van der Waals surface area contributed by atoms with E-state index in [-0.39, 0.29) is 11.7 Å². The van der Waals surface area contributed by atoms with Crippen LogP contribution >= 0.6 is 0 Å². The first-order valence-corrected chi connectivity index (χ1v) is 9.28. The lowest BCUT2D eigenvalue weighted by molar-refractivity contribution is -0.385. The summed E-state index contributed by atoms with van der Waals surface area (Å²) in [7, 11) is 1.50. The maximum atomic E-state index is 13.8. The summed E-state index contributed by atoms with van der Waals surface area (Å²) in [5.74, 6) is -1.64. The quantitative estimate of drug-likeness (QED) is 0.404. The number of carbonyl (C=O) groups excluding carboxylic acids is 2. The molecule has 0 fully saturated rings. The lowest BCUT2D eigenvalue weighted by atomic mass is 10.2. The van der Waals surface area contributed by atoms with Crippen molar-refractivity contribution in [1.82, 2.24) is 0 Å². The molecular weight excluding hydrogens is 421 g/mol. The average molecular weight is 439 g/mol. The smallest absolute Gasteiger partial charge is 0.272 e. The zero-order valence-corrected chi connectivity index (χ0v) is 16.8. The van der Waals surface area contributed by atoms with Gasteiger partial charge in [0.15, 0.2) is 18.2 Å². The van der Waals surface area contributed by atoms with Crippen molar-refractivity contribution < 1.29 is 28.4 Å². The normalized spacial score (nSPS) is 10.2. The van der Waals surface area contributed by atoms with Gasteiger partial charge in [-0.3, -0.25) is 19.7 Å². The van der Waals surface area contributed by atoms with Crippen molar-refractivity contribution in [3.8, 4) is 11.5 Å². The van der Waals surface area contributed by atoms with Gasteiger partial charge in [0, 0.05) is 17.3 Å². The van der Waals surface area contributed by atoms with Gasteiger partial charge in [-0.1, -0.05) is 12.1 Å². The molecule has 3 aromatic carbocycles. The van der Waals surface area contributed by atoms with Crippen LogP contribution in [0.15, 0.2) is 66.7 Å². The number of nitro benzene ring substituents is 1. The molecule has 9 nitrogen and oxygen atoms in total. The third-order valence-corrected chi connectivity index (χ3v) is 4.27. The Kier molecular flexibility index (Phi) is 6.96. The van der Waals surface area contributed by atoms with E-state index in [0.717, 1.165) is 12.1 Å². The Bertz CT molecular complexity index is 1150. The second kappa shape index (κ2) is 10.0. The number of hydrogen-bond acceptors (Lipinski definition) is 6. The van der Waals surface area contributed by atoms with Gasteiger partial charge in [-0.2, -0.15) is 0 Å². The number of ether oxygens (including phenoxy) is 2. The number of carbonyl (C=O) groups is 2. The first-order chi connectivity index (χ1) is 15.4. The molecule has 0 unspecified atom stereocenters. The van der Waals surface area contributed by atoms with Crippen molar-refractivity contribution in [2.24, 2.45) is 0 Å². The van der Waals surface area contributed by atoms with E-state index in [0.29, 0.717) is 28.8 Å². The van der Waals surface area contributed by atoms with Gasteiger partial charge >= 0.3 is 0 Å². The predicted molar refractivity (Wildman–Crippen MR) is 115 cm³/mol. The van der Waals surface area contributed by atoms with E-state index in [4.69, 9.17) is 9.47 Å². The highest BCUT2D eigenvalue weighted by atomic mass is 19.1. The number of methoxy groups -OCH3 is 1. The molecule has 0 bridgehead atoms. The lowest BCUT2D eigenvalue weighted by Gasteiger charge is -2.11. The van der Waals surface area contributed by atoms with E-state index in [2.05, 4.69) is 10.6 Å². The van der Waals surface area contributed by atoms with Crippen LogP contribution < -0.4 is 20.1 Å². The number of benzene rings is 3. The Labute approximate surface area is 181 Å². The summed E-state index contributed by atoms with van der Waals surface area (Å²) in [6.45, 7) is -0.509. The van der Waals surface area contributed by atoms with Crippen LogP contribution in [0, 0.1) is 15.9 Å². The number of hydrogen-bond donors (Lipinski definition) is 2. The van der Waals surface area contributed by atoms with E-state index in [9.17, 15) is 24.1 Å². The highest BCUT2D eigenvalue weighted by Crippen LogP contribution is 2.24. The highest BCUT2D eigenvalue weighted by molar-refractivity contribution is 6.05. The molecule has 2 N–H and O–H groups in total. The average Bonchev–Trinajstić information content (AvgIpc) is 2.79. The minimum absolute atomic E-state index is 0.283. The van der Waals surface area contributed by atoms with E-state index in [1.165, 1.54) is 31.4 Å². The largest absolute Gasteiger partial charge is 0.495 e. The molecule has 0 atom stereocenters. The Morgan fingerprint density at radius 1 is 1.00 bits per heavy atom. The van der Waals surface area contributed by atoms with E-state index in [1.807, 2.05) is 0 Å². The molecule has 32 heavy (non-hydrogen) atoms. The molecule has 3 rings (SSSR count). The molecule has 0 saturated heterocycles. The minimum atomic E-state index is -0.947. The SMILES string of the molecule is COc1ccccc1NC(=O)c1ccc(NC(=O)COc2ccc([N+](=O)[O-])cc2F)cc1. The van der Waals surface area contributed by atoms with Gasteiger partial charge in [0.05, 0.1) is 23.8 Å². The molecule has 2 amide bonds. The van der Waals surface area contributed by atoms with Gasteiger partial charge in [0.2, 0.25) is 0 Å². The lowest BCUT2D eigenvalue weighted by Crippen LogP contribution is -2.20. The van der Waals surface area contributed by atoms with Gasteiger partial charge in [-0.05, 0) is 42.5 Å². The van der Waals surface area contributed by atoms with Crippen LogP contribution in [0.25, 0.3) is 0 Å². The summed E-state index contributed by atoms with van der Waals surface area (Å²) in [6.07, 6.45) is 0. The summed E-state index contributed by atoms with van der Waals surface area (Å²) in [5, 5.41) is 15.9. The van der Waals surface area contributed by atoms with Crippen molar-refractivity contribution in [2.75, 3.05) is 24.4 Å². The van der Waals surface area contributed by atoms with Crippen LogP contribution in [0.2, 0.25) is 0 Å². The first-order valence-electron chi connectivity index (χ1n) is 9.28. The molecule has 0 aliphatic heterocycles. The molecule has 0 heterocycles. The number of non-ortho nitro benzene ring substituents is 1. The molecule has 0 saturated carbocycles. The fourth-order valence-corrected chi connectivity index (χ4v) is 2.71. The Balaban J connectivity index is 1.55. The molecule has 164 valence electrons. The molecular formula is C22H18FN3O6. The second-order valence-electron chi connectivity index (χ2n) is 6.44. The fourth-order valence-electron chi connectivity index (χ4n) is 2.71. The molecule has 10 heteroatoms. The predicted octanol–water partition coefficient (Wildman–Crippen LogP) is 4.01. The zero-order valence-electron chi connectivity index (χ0n) is 16.8. The van der Waals surface area contributed by atoms with Gasteiger partial charge in [0.1, 0.15) is 5.75 Å².